The van der Waals surface area contributed by atoms with E-state index in [9.17, 15) is 33.0 Å². The van der Waals surface area contributed by atoms with Gasteiger partial charge < -0.3 is 46.1 Å². The number of aromatic nitrogens is 5. The first-order chi connectivity index (χ1) is 29.4. The van der Waals surface area contributed by atoms with Crippen LogP contribution in [0.1, 0.15) is 60.9 Å². The molecular weight excluding hydrogens is 798 g/mol. The van der Waals surface area contributed by atoms with Gasteiger partial charge in [-0.3, -0.25) is 9.78 Å². The number of hydrogen-bond acceptors (Lipinski definition) is 11. The minimum absolute atomic E-state index is 0.0137. The molecule has 0 radical (unpaired) electrons. The maximum absolute atomic E-state index is 12.8. The topological polar surface area (TPSA) is 220 Å². The van der Waals surface area contributed by atoms with Gasteiger partial charge in [0.15, 0.2) is 17.0 Å². The molecule has 2 aliphatic carbocycles. The number of aliphatic carboxylic acids is 1. The maximum Gasteiger partial charge on any atom is 0.490 e. The lowest BCUT2D eigenvalue weighted by molar-refractivity contribution is -0.192. The lowest BCUT2D eigenvalue weighted by Crippen LogP contribution is -2.46. The van der Waals surface area contributed by atoms with E-state index < -0.39 is 36.4 Å². The number of nitrogens with zero attached hydrogens (tertiary/aromatic N) is 6. The van der Waals surface area contributed by atoms with Gasteiger partial charge in [0.1, 0.15) is 12.2 Å². The summed E-state index contributed by atoms with van der Waals surface area (Å²) in [4.78, 5) is 55.6. The Balaban J connectivity index is 0.000000739. The number of carbonyl (C=O) groups excluding carboxylic acids is 2. The van der Waals surface area contributed by atoms with Crippen molar-refractivity contribution in [3.8, 4) is 0 Å². The maximum atomic E-state index is 12.8. The Labute approximate surface area is 348 Å². The van der Waals surface area contributed by atoms with Crippen molar-refractivity contribution >= 4 is 40.8 Å². The van der Waals surface area contributed by atoms with E-state index in [1.165, 1.54) is 0 Å². The van der Waals surface area contributed by atoms with E-state index in [1.54, 1.807) is 17.1 Å². The molecule has 3 aromatic heterocycles. The van der Waals surface area contributed by atoms with Crippen LogP contribution >= 0.6 is 0 Å². The van der Waals surface area contributed by atoms with Crippen molar-refractivity contribution in [2.45, 2.75) is 81.1 Å². The van der Waals surface area contributed by atoms with E-state index in [-0.39, 0.29) is 29.8 Å². The van der Waals surface area contributed by atoms with E-state index in [0.29, 0.717) is 62.0 Å². The van der Waals surface area contributed by atoms with Gasteiger partial charge in [-0.2, -0.15) is 23.1 Å². The molecule has 5 aromatic rings. The Morgan fingerprint density at radius 1 is 0.852 bits per heavy atom. The number of carboxylic acids is 1. The van der Waals surface area contributed by atoms with Crippen LogP contribution in [0, 0.1) is 5.92 Å². The van der Waals surface area contributed by atoms with Crippen LogP contribution in [0.25, 0.3) is 11.2 Å². The Hall–Kier alpha value is -6.34. The minimum Gasteiger partial charge on any atom is -0.475 e. The summed E-state index contributed by atoms with van der Waals surface area (Å²) in [6.45, 7) is 1.95. The molecule has 8 rings (SSSR count). The van der Waals surface area contributed by atoms with Crippen LogP contribution < -0.4 is 26.2 Å². The van der Waals surface area contributed by atoms with Gasteiger partial charge >= 0.3 is 18.2 Å². The number of alkyl halides is 3. The fourth-order valence-electron chi connectivity index (χ4n) is 7.78. The quantitative estimate of drug-likeness (QED) is 0.0944. The molecule has 0 spiro atoms. The Morgan fingerprint density at radius 3 is 2.13 bits per heavy atom. The van der Waals surface area contributed by atoms with E-state index in [4.69, 9.17) is 24.9 Å². The molecule has 7 N–H and O–H groups in total. The molecule has 19 heteroatoms. The van der Waals surface area contributed by atoms with Crippen molar-refractivity contribution < 1.29 is 42.9 Å². The third kappa shape index (κ3) is 10.3. The van der Waals surface area contributed by atoms with Crippen LogP contribution in [0.4, 0.5) is 29.7 Å². The predicted octanol–water partition coefficient (Wildman–Crippen LogP) is 4.13. The highest BCUT2D eigenvalue weighted by atomic mass is 19.4. The van der Waals surface area contributed by atoms with Crippen molar-refractivity contribution in [1.29, 1.82) is 0 Å². The number of imidazole rings is 1. The van der Waals surface area contributed by atoms with Crippen molar-refractivity contribution in [3.05, 3.63) is 108 Å². The smallest absolute Gasteiger partial charge is 0.475 e. The summed E-state index contributed by atoms with van der Waals surface area (Å²) >= 11 is 0. The molecule has 3 fully saturated rings. The lowest BCUT2D eigenvalue weighted by atomic mass is 9.84. The monoisotopic (exact) mass is 844 g/mol. The largest absolute Gasteiger partial charge is 0.490 e. The standard InChI is InChI=1S/C40H46N10O4.C2HF3O2/c51-34-31(46-38(53)27-14-9-15-27)20-32(35(34)52)50-24-44-33-36(42-22-30(25-10-3-1-4-11-25)26-12-5-2-6-13-26)47-39(48-37(33)50)49-19-17-29(23-49)45-40(54)43-21-28-16-7-8-18-41-28;3-2(4,5)1(6)7/h1-8,10-13,16,18,24,27,29-32,34-35,51-52H,9,14-15,17,19-23H2,(H,46,53)(H,42,47,48)(H2,43,45,54);(H,6,7)/t29-,31+,32-,34-,35+;/m1./s1. The SMILES string of the molecule is O=C(NCc1ccccn1)N[C@@H]1CCN(c2nc(NCC(c3ccccc3)c3ccccc3)c3ncn([C@@H]4C[C@H](NC(=O)C5CCC5)[C@@H](O)[C@H]4O)c3n2)C1.O=C(O)C(F)(F)F. The zero-order chi connectivity index (χ0) is 43.1. The highest BCUT2D eigenvalue weighted by molar-refractivity contribution is 5.85. The molecule has 322 valence electrons. The van der Waals surface area contributed by atoms with Gasteiger partial charge in [-0.05, 0) is 48.9 Å². The molecule has 3 amide bonds. The molecule has 2 saturated carbocycles. The number of amides is 3. The molecule has 0 bridgehead atoms. The zero-order valence-electron chi connectivity index (χ0n) is 32.9. The van der Waals surface area contributed by atoms with Crippen molar-refractivity contribution in [2.24, 2.45) is 5.92 Å². The van der Waals surface area contributed by atoms with Crippen molar-refractivity contribution in [1.82, 2.24) is 40.5 Å². The van der Waals surface area contributed by atoms with E-state index in [2.05, 4.69) is 50.5 Å². The number of aliphatic hydroxyl groups excluding tert-OH is 2. The number of halogens is 3. The summed E-state index contributed by atoms with van der Waals surface area (Å²) in [6.07, 6.45) is -0.293. The molecule has 0 unspecified atom stereocenters. The number of carboxylic acid groups (broad SMARTS) is 1. The van der Waals surface area contributed by atoms with Crippen molar-refractivity contribution in [2.75, 3.05) is 29.9 Å². The fraction of sp³-hybridized carbons (Fsp3) is 0.405. The Morgan fingerprint density at radius 2 is 1.52 bits per heavy atom. The highest BCUT2D eigenvalue weighted by Gasteiger charge is 2.45. The Bertz CT molecular complexity index is 2230. The number of pyridine rings is 1. The van der Waals surface area contributed by atoms with Gasteiger partial charge in [-0.1, -0.05) is 73.2 Å². The second-order valence-electron chi connectivity index (χ2n) is 15.4. The molecule has 1 saturated heterocycles. The molecule has 1 aliphatic heterocycles. The van der Waals surface area contributed by atoms with Crippen LogP contribution in [0.2, 0.25) is 0 Å². The number of anilines is 2. The highest BCUT2D eigenvalue weighted by Crippen LogP contribution is 2.36. The van der Waals surface area contributed by atoms with Gasteiger partial charge in [-0.25, -0.2) is 14.6 Å². The van der Waals surface area contributed by atoms with Crippen molar-refractivity contribution in [3.63, 3.8) is 0 Å². The van der Waals surface area contributed by atoms with Gasteiger partial charge in [0.05, 0.1) is 30.6 Å². The number of rotatable bonds is 12. The van der Waals surface area contributed by atoms with Gasteiger partial charge in [0.2, 0.25) is 11.9 Å². The number of nitrogens with one attached hydrogen (secondary N) is 4. The molecule has 61 heavy (non-hydrogen) atoms. The average molecular weight is 845 g/mol. The summed E-state index contributed by atoms with van der Waals surface area (Å²) in [6, 6.07) is 24.6. The number of benzene rings is 2. The summed E-state index contributed by atoms with van der Waals surface area (Å²) in [5, 5.41) is 42.1. The number of aliphatic hydroxyl groups is 2. The van der Waals surface area contributed by atoms with E-state index in [1.807, 2.05) is 59.5 Å². The predicted molar refractivity (Wildman–Crippen MR) is 217 cm³/mol. The first kappa shape index (κ1) is 42.8. The Kier molecular flexibility index (Phi) is 13.3. The first-order valence-electron chi connectivity index (χ1n) is 20.1. The van der Waals surface area contributed by atoms with Crippen LogP contribution in [-0.2, 0) is 16.1 Å². The zero-order valence-corrected chi connectivity index (χ0v) is 32.9. The lowest BCUT2D eigenvalue weighted by Gasteiger charge is -2.27. The van der Waals surface area contributed by atoms with Crippen LogP contribution in [0.5, 0.6) is 0 Å². The number of urea groups is 1. The second-order valence-corrected chi connectivity index (χ2v) is 15.4. The van der Waals surface area contributed by atoms with Gasteiger partial charge in [-0.15, -0.1) is 0 Å². The van der Waals surface area contributed by atoms with Crippen LogP contribution in [0.3, 0.4) is 0 Å². The average Bonchev–Trinajstić information content (AvgIpc) is 3.95. The minimum atomic E-state index is -5.08. The fourth-order valence-corrected chi connectivity index (χ4v) is 7.78. The third-order valence-corrected chi connectivity index (χ3v) is 11.3. The molecular formula is C42H47F3N10O6. The number of hydrogen-bond donors (Lipinski definition) is 7. The summed E-state index contributed by atoms with van der Waals surface area (Å²) < 4.78 is 33.5. The number of fused-ring (bicyclic) bond motifs is 1. The van der Waals surface area contributed by atoms with E-state index >= 15 is 0 Å². The van der Waals surface area contributed by atoms with Crippen LogP contribution in [0.15, 0.2) is 91.4 Å². The van der Waals surface area contributed by atoms with E-state index in [0.717, 1.165) is 36.1 Å². The third-order valence-electron chi connectivity index (χ3n) is 11.3. The second kappa shape index (κ2) is 18.9. The summed E-state index contributed by atoms with van der Waals surface area (Å²) in [7, 11) is 0. The molecule has 5 atom stereocenters. The van der Waals surface area contributed by atoms with Gasteiger partial charge in [0, 0.05) is 43.7 Å². The van der Waals surface area contributed by atoms with Crippen LogP contribution in [-0.4, -0.2) is 108 Å². The first-order valence-corrected chi connectivity index (χ1v) is 20.1. The molecule has 2 aromatic carbocycles. The summed E-state index contributed by atoms with van der Waals surface area (Å²) in [5.74, 6) is -1.85. The van der Waals surface area contributed by atoms with Gasteiger partial charge in [0.25, 0.3) is 0 Å². The summed E-state index contributed by atoms with van der Waals surface area (Å²) in [5.41, 5.74) is 4.11. The normalized spacial score (nSPS) is 21.3. The molecule has 3 aliphatic rings. The number of carbonyl (C=O) groups is 3. The molecule has 4 heterocycles. The molecule has 16 nitrogen and oxygen atoms in total.